The van der Waals surface area contributed by atoms with Gasteiger partial charge in [0, 0.05) is 44.2 Å². The molecule has 0 radical (unpaired) electrons. The van der Waals surface area contributed by atoms with Crippen molar-refractivity contribution >= 4 is 27.2 Å². The zero-order valence-corrected chi connectivity index (χ0v) is 22.2. The second-order valence-corrected chi connectivity index (χ2v) is 13.7. The van der Waals surface area contributed by atoms with E-state index in [1.165, 1.54) is 6.26 Å². The van der Waals surface area contributed by atoms with Crippen LogP contribution in [0.25, 0.3) is 0 Å². The number of amides is 1. The molecule has 37 heavy (non-hydrogen) atoms. The first-order chi connectivity index (χ1) is 17.7. The molecule has 2 aromatic rings. The largest absolute Gasteiger partial charge is 0.390 e. The van der Waals surface area contributed by atoms with E-state index in [1.807, 2.05) is 24.3 Å². The summed E-state index contributed by atoms with van der Waals surface area (Å²) < 4.78 is 23.5. The molecule has 5 fully saturated rings. The molecule has 4 bridgehead atoms. The average molecular weight is 525 g/mol. The topological polar surface area (TPSA) is 103 Å². The van der Waals surface area contributed by atoms with Gasteiger partial charge in [-0.3, -0.25) is 4.79 Å². The molecule has 8 nitrogen and oxygen atoms in total. The van der Waals surface area contributed by atoms with Crippen LogP contribution in [0, 0.1) is 17.8 Å². The van der Waals surface area contributed by atoms with E-state index in [0.717, 1.165) is 76.2 Å². The number of benzene rings is 1. The molecule has 0 spiro atoms. The van der Waals surface area contributed by atoms with Gasteiger partial charge in [0.25, 0.3) is 5.91 Å². The number of aliphatic hydroxyl groups is 1. The summed E-state index contributed by atoms with van der Waals surface area (Å²) in [6.45, 7) is 3.25. The lowest BCUT2D eigenvalue weighted by Gasteiger charge is -2.58. The van der Waals surface area contributed by atoms with Crippen LogP contribution in [-0.2, 0) is 9.84 Å². The van der Waals surface area contributed by atoms with Gasteiger partial charge in [-0.15, -0.1) is 0 Å². The number of pyridine rings is 1. The summed E-state index contributed by atoms with van der Waals surface area (Å²) >= 11 is 0. The van der Waals surface area contributed by atoms with E-state index in [0.29, 0.717) is 28.3 Å². The molecule has 5 aliphatic rings. The van der Waals surface area contributed by atoms with E-state index in [1.54, 1.807) is 18.2 Å². The molecule has 4 saturated carbocycles. The van der Waals surface area contributed by atoms with Crippen LogP contribution in [0.3, 0.4) is 0 Å². The summed E-state index contributed by atoms with van der Waals surface area (Å²) in [6, 6.07) is 12.9. The van der Waals surface area contributed by atoms with Crippen LogP contribution in [0.15, 0.2) is 47.4 Å². The standard InChI is InChI=1S/C28H36N4O4S/c1-37(35,36)23-8-6-22(7-9-23)31-10-3-11-32(13-12-31)25-5-2-4-24(29-25)27(33)30-26-20-14-19-15-21(26)18-28(34,16-19)17-20/h2,4-9,19-21,26,34H,3,10-18H2,1H3,(H,30,33)/t19?,20?,21?,26-,28-. The Hall–Kier alpha value is -2.65. The summed E-state index contributed by atoms with van der Waals surface area (Å²) in [5, 5.41) is 14.2. The quantitative estimate of drug-likeness (QED) is 0.620. The molecule has 9 heteroatoms. The highest BCUT2D eigenvalue weighted by atomic mass is 32.2. The van der Waals surface area contributed by atoms with Crippen LogP contribution in [0.4, 0.5) is 11.5 Å². The number of carbonyl (C=O) groups excluding carboxylic acids is 1. The van der Waals surface area contributed by atoms with Crippen LogP contribution in [0.2, 0.25) is 0 Å². The Balaban J connectivity index is 1.11. The van der Waals surface area contributed by atoms with E-state index >= 15 is 0 Å². The van der Waals surface area contributed by atoms with Crippen molar-refractivity contribution in [3.05, 3.63) is 48.2 Å². The average Bonchev–Trinajstić information content (AvgIpc) is 3.11. The van der Waals surface area contributed by atoms with Crippen molar-refractivity contribution < 1.29 is 18.3 Å². The van der Waals surface area contributed by atoms with E-state index in [4.69, 9.17) is 4.98 Å². The molecular formula is C28H36N4O4S. The van der Waals surface area contributed by atoms with Gasteiger partial charge in [0.1, 0.15) is 11.5 Å². The van der Waals surface area contributed by atoms with Crippen LogP contribution < -0.4 is 15.1 Å². The Labute approximate surface area is 219 Å². The Morgan fingerprint density at radius 1 is 0.973 bits per heavy atom. The monoisotopic (exact) mass is 524 g/mol. The van der Waals surface area contributed by atoms with Gasteiger partial charge in [0.05, 0.1) is 10.5 Å². The molecule has 1 saturated heterocycles. The van der Waals surface area contributed by atoms with Crippen molar-refractivity contribution in [2.45, 2.75) is 55.1 Å². The number of hydrogen-bond acceptors (Lipinski definition) is 7. The predicted molar refractivity (Wildman–Crippen MR) is 143 cm³/mol. The minimum atomic E-state index is -3.21. The molecule has 1 aromatic heterocycles. The van der Waals surface area contributed by atoms with Gasteiger partial charge >= 0.3 is 0 Å². The number of rotatable bonds is 5. The summed E-state index contributed by atoms with van der Waals surface area (Å²) in [4.78, 5) is 22.8. The Bertz CT molecular complexity index is 1270. The van der Waals surface area contributed by atoms with Gasteiger partial charge in [-0.25, -0.2) is 13.4 Å². The van der Waals surface area contributed by atoms with E-state index in [-0.39, 0.29) is 11.9 Å². The molecule has 2 atom stereocenters. The molecule has 4 aliphatic carbocycles. The number of hydrogen-bond donors (Lipinski definition) is 2. The van der Waals surface area contributed by atoms with Crippen LogP contribution in [-0.4, -0.2) is 68.5 Å². The van der Waals surface area contributed by atoms with E-state index in [9.17, 15) is 18.3 Å². The molecule has 198 valence electrons. The number of carbonyl (C=O) groups is 1. The Morgan fingerprint density at radius 2 is 1.65 bits per heavy atom. The van der Waals surface area contributed by atoms with Gasteiger partial charge in [-0.2, -0.15) is 0 Å². The highest BCUT2D eigenvalue weighted by molar-refractivity contribution is 7.90. The number of nitrogens with zero attached hydrogens (tertiary/aromatic N) is 3. The highest BCUT2D eigenvalue weighted by Gasteiger charge is 2.55. The summed E-state index contributed by atoms with van der Waals surface area (Å²) in [5.41, 5.74) is 0.949. The van der Waals surface area contributed by atoms with Crippen molar-refractivity contribution in [3.63, 3.8) is 0 Å². The summed E-state index contributed by atoms with van der Waals surface area (Å²) in [5.74, 6) is 2.03. The maximum Gasteiger partial charge on any atom is 0.270 e. The second kappa shape index (κ2) is 9.27. The maximum absolute atomic E-state index is 13.2. The number of aromatic nitrogens is 1. The third kappa shape index (κ3) is 4.95. The van der Waals surface area contributed by atoms with Crippen molar-refractivity contribution in [2.75, 3.05) is 42.2 Å². The van der Waals surface area contributed by atoms with Crippen molar-refractivity contribution in [1.29, 1.82) is 0 Å². The number of nitrogens with one attached hydrogen (secondary N) is 1. The van der Waals surface area contributed by atoms with Gasteiger partial charge in [-0.05, 0) is 92.7 Å². The van der Waals surface area contributed by atoms with Gasteiger partial charge < -0.3 is 20.2 Å². The molecule has 1 aromatic carbocycles. The zero-order valence-electron chi connectivity index (χ0n) is 21.3. The molecule has 1 amide bonds. The number of anilines is 2. The molecule has 2 unspecified atom stereocenters. The lowest BCUT2D eigenvalue weighted by molar-refractivity contribution is -0.136. The minimum absolute atomic E-state index is 0.117. The molecule has 2 N–H and O–H groups in total. The zero-order chi connectivity index (χ0) is 25.8. The van der Waals surface area contributed by atoms with Gasteiger partial charge in [-0.1, -0.05) is 6.07 Å². The first-order valence-electron chi connectivity index (χ1n) is 13.5. The first-order valence-corrected chi connectivity index (χ1v) is 15.4. The van der Waals surface area contributed by atoms with Crippen molar-refractivity contribution in [3.8, 4) is 0 Å². The molecule has 2 heterocycles. The van der Waals surface area contributed by atoms with E-state index < -0.39 is 15.4 Å². The molecular weight excluding hydrogens is 488 g/mol. The molecule has 7 rings (SSSR count). The molecule has 1 aliphatic heterocycles. The van der Waals surface area contributed by atoms with Crippen molar-refractivity contribution in [2.24, 2.45) is 17.8 Å². The third-order valence-electron chi connectivity index (χ3n) is 8.96. The smallest absolute Gasteiger partial charge is 0.270 e. The maximum atomic E-state index is 13.2. The fourth-order valence-corrected chi connectivity index (χ4v) is 8.11. The minimum Gasteiger partial charge on any atom is -0.390 e. The fraction of sp³-hybridized carbons (Fsp3) is 0.571. The summed E-state index contributed by atoms with van der Waals surface area (Å²) in [6.07, 6.45) is 6.92. The highest BCUT2D eigenvalue weighted by Crippen LogP contribution is 2.55. The summed E-state index contributed by atoms with van der Waals surface area (Å²) in [7, 11) is -3.21. The van der Waals surface area contributed by atoms with E-state index in [2.05, 4.69) is 15.1 Å². The normalized spacial score (nSPS) is 31.3. The van der Waals surface area contributed by atoms with Crippen molar-refractivity contribution in [1.82, 2.24) is 10.3 Å². The Kier molecular flexibility index (Phi) is 6.18. The Morgan fingerprint density at radius 3 is 2.32 bits per heavy atom. The van der Waals surface area contributed by atoms with Crippen LogP contribution in [0.1, 0.15) is 49.0 Å². The predicted octanol–water partition coefficient (Wildman–Crippen LogP) is 2.87. The van der Waals surface area contributed by atoms with Gasteiger partial charge in [0.2, 0.25) is 0 Å². The lowest BCUT2D eigenvalue weighted by atomic mass is 9.52. The first kappa shape index (κ1) is 24.7. The lowest BCUT2D eigenvalue weighted by Crippen LogP contribution is -2.61. The number of sulfone groups is 1. The fourth-order valence-electron chi connectivity index (χ4n) is 7.48. The van der Waals surface area contributed by atoms with Crippen LogP contribution >= 0.6 is 0 Å². The third-order valence-corrected chi connectivity index (χ3v) is 10.1. The second-order valence-electron chi connectivity index (χ2n) is 11.7. The van der Waals surface area contributed by atoms with Gasteiger partial charge in [0.15, 0.2) is 9.84 Å². The van der Waals surface area contributed by atoms with Crippen LogP contribution in [0.5, 0.6) is 0 Å². The SMILES string of the molecule is CS(=O)(=O)c1ccc(N2CCCN(c3cccc(C(=O)N[C@H]4C5CC6CC4C[C@](O)(C6)C5)n3)CC2)cc1.